The minimum Gasteiger partial charge on any atom is -0.347 e. The lowest BCUT2D eigenvalue weighted by Crippen LogP contribution is -2.39. The molecule has 0 bridgehead atoms. The lowest BCUT2D eigenvalue weighted by atomic mass is 10.2. The monoisotopic (exact) mass is 338 g/mol. The van der Waals surface area contributed by atoms with E-state index in [0.717, 1.165) is 0 Å². The lowest BCUT2D eigenvalue weighted by Gasteiger charge is -2.11. The average molecular weight is 339 g/mol. The van der Waals surface area contributed by atoms with Gasteiger partial charge in [-0.2, -0.15) is 0 Å². The van der Waals surface area contributed by atoms with Gasteiger partial charge >= 0.3 is 0 Å². The molecule has 0 fully saturated rings. The zero-order valence-corrected chi connectivity index (χ0v) is 13.0. The maximum Gasteiger partial charge on any atom is 0.267 e. The highest BCUT2D eigenvalue weighted by atomic mass is 35.5. The molecule has 0 heterocycles. The molecule has 0 spiro atoms. The van der Waals surface area contributed by atoms with Gasteiger partial charge in [-0.15, -0.1) is 0 Å². The summed E-state index contributed by atoms with van der Waals surface area (Å²) in [5.74, 6) is -1.35. The first-order valence-corrected chi connectivity index (χ1v) is 7.63. The molecule has 0 aromatic heterocycles. The topological polar surface area (TPSA) is 92.3 Å². The molecule has 0 unspecified atom stereocenters. The molecule has 2 N–H and O–H groups in total. The van der Waals surface area contributed by atoms with E-state index in [1.807, 2.05) is 0 Å². The summed E-state index contributed by atoms with van der Waals surface area (Å²) in [5.41, 5.74) is 0.505. The van der Waals surface area contributed by atoms with Gasteiger partial charge in [0, 0.05) is 6.92 Å². The second-order valence-corrected chi connectivity index (χ2v) is 6.35. The minimum absolute atomic E-state index is 0.0580. The predicted molar refractivity (Wildman–Crippen MR) is 75.2 cm³/mol. The van der Waals surface area contributed by atoms with Crippen LogP contribution in [-0.4, -0.2) is 26.8 Å². The van der Waals surface area contributed by atoms with Crippen LogP contribution in [0, 0.1) is 6.92 Å². The number of aryl methyl sites for hydroxylation is 1. The van der Waals surface area contributed by atoms with Crippen molar-refractivity contribution in [2.24, 2.45) is 0 Å². The standard InChI is InChI=1S/C11H12Cl2N2O4S/c1-6-3-4-8(12)11(10(6)13)20(18,19)15-9(17)5-14-7(2)16/h3-4H,5H2,1-2H3,(H,14,16)(H,15,17). The van der Waals surface area contributed by atoms with Crippen LogP contribution >= 0.6 is 23.2 Å². The number of benzene rings is 1. The summed E-state index contributed by atoms with van der Waals surface area (Å²) in [5, 5.41) is 2.02. The molecule has 20 heavy (non-hydrogen) atoms. The van der Waals surface area contributed by atoms with Crippen LogP contribution in [0.25, 0.3) is 0 Å². The third-order valence-corrected chi connectivity index (χ3v) is 4.74. The van der Waals surface area contributed by atoms with Crippen molar-refractivity contribution in [3.05, 3.63) is 27.7 Å². The van der Waals surface area contributed by atoms with Gasteiger partial charge in [0.05, 0.1) is 16.6 Å². The summed E-state index contributed by atoms with van der Waals surface area (Å²) >= 11 is 11.7. The Labute approximate surface area is 126 Å². The van der Waals surface area contributed by atoms with Crippen molar-refractivity contribution < 1.29 is 18.0 Å². The normalized spacial score (nSPS) is 11.0. The van der Waals surface area contributed by atoms with Crippen LogP contribution in [-0.2, 0) is 19.6 Å². The van der Waals surface area contributed by atoms with Gasteiger partial charge in [-0.3, -0.25) is 9.59 Å². The van der Waals surface area contributed by atoms with E-state index in [9.17, 15) is 18.0 Å². The van der Waals surface area contributed by atoms with Crippen molar-refractivity contribution in [2.45, 2.75) is 18.7 Å². The molecule has 6 nitrogen and oxygen atoms in total. The molecule has 0 saturated heterocycles. The van der Waals surface area contributed by atoms with Gasteiger partial charge in [0.25, 0.3) is 15.9 Å². The van der Waals surface area contributed by atoms with Gasteiger partial charge in [0.1, 0.15) is 4.90 Å². The van der Waals surface area contributed by atoms with Crippen LogP contribution in [0.15, 0.2) is 17.0 Å². The Kier molecular flexibility index (Phi) is 5.38. The molecule has 0 aliphatic heterocycles. The molecular weight excluding hydrogens is 327 g/mol. The van der Waals surface area contributed by atoms with Gasteiger partial charge in [0.2, 0.25) is 5.91 Å². The summed E-state index contributed by atoms with van der Waals surface area (Å²) in [6.07, 6.45) is 0. The van der Waals surface area contributed by atoms with Gasteiger partial charge in [0.15, 0.2) is 0 Å². The number of carbonyl (C=O) groups excluding carboxylic acids is 2. The molecule has 1 aromatic rings. The van der Waals surface area contributed by atoms with E-state index < -0.39 is 28.4 Å². The molecule has 2 amide bonds. The second-order valence-electron chi connectivity index (χ2n) is 3.95. The van der Waals surface area contributed by atoms with Crippen molar-refractivity contribution in [2.75, 3.05) is 6.54 Å². The number of nitrogens with one attached hydrogen (secondary N) is 2. The van der Waals surface area contributed by atoms with Gasteiger partial charge < -0.3 is 5.32 Å². The van der Waals surface area contributed by atoms with Crippen molar-refractivity contribution >= 4 is 45.0 Å². The van der Waals surface area contributed by atoms with Crippen molar-refractivity contribution in [1.82, 2.24) is 10.0 Å². The molecular formula is C11H12Cl2N2O4S. The minimum atomic E-state index is -4.21. The Bertz CT molecular complexity index is 659. The summed E-state index contributed by atoms with van der Waals surface area (Å²) in [6.45, 7) is 2.35. The Balaban J connectivity index is 3.04. The van der Waals surface area contributed by atoms with Gasteiger partial charge in [-0.05, 0) is 18.6 Å². The predicted octanol–water partition coefficient (Wildman–Crippen LogP) is 1.24. The number of hydrogen-bond acceptors (Lipinski definition) is 4. The zero-order valence-electron chi connectivity index (χ0n) is 10.7. The fraction of sp³-hybridized carbons (Fsp3) is 0.273. The van der Waals surface area contributed by atoms with Crippen LogP contribution in [0.5, 0.6) is 0 Å². The van der Waals surface area contributed by atoms with Crippen molar-refractivity contribution in [3.63, 3.8) is 0 Å². The number of sulfonamides is 1. The van der Waals surface area contributed by atoms with Crippen molar-refractivity contribution in [3.8, 4) is 0 Å². The van der Waals surface area contributed by atoms with E-state index in [2.05, 4.69) is 5.32 Å². The van der Waals surface area contributed by atoms with E-state index in [1.165, 1.54) is 13.0 Å². The number of hydrogen-bond donors (Lipinski definition) is 2. The molecule has 0 radical (unpaired) electrons. The molecule has 0 atom stereocenters. The number of carbonyl (C=O) groups is 2. The summed E-state index contributed by atoms with van der Waals surface area (Å²) in [4.78, 5) is 21.7. The highest BCUT2D eigenvalue weighted by molar-refractivity contribution is 7.90. The molecule has 1 aromatic carbocycles. The maximum atomic E-state index is 12.1. The Morgan fingerprint density at radius 1 is 1.25 bits per heavy atom. The van der Waals surface area contributed by atoms with E-state index >= 15 is 0 Å². The van der Waals surface area contributed by atoms with E-state index in [0.29, 0.717) is 5.56 Å². The quantitative estimate of drug-likeness (QED) is 0.863. The Hall–Kier alpha value is -1.31. The third-order valence-electron chi connectivity index (χ3n) is 2.26. The summed E-state index contributed by atoms with van der Waals surface area (Å²) < 4.78 is 25.9. The maximum absolute atomic E-state index is 12.1. The van der Waals surface area contributed by atoms with Crippen LogP contribution in [0.4, 0.5) is 0 Å². The molecule has 0 saturated carbocycles. The van der Waals surface area contributed by atoms with Crippen LogP contribution in [0.1, 0.15) is 12.5 Å². The number of amides is 2. The lowest BCUT2D eigenvalue weighted by molar-refractivity contribution is -0.124. The van der Waals surface area contributed by atoms with E-state index in [4.69, 9.17) is 23.2 Å². The van der Waals surface area contributed by atoms with Gasteiger partial charge in [-0.25, -0.2) is 13.1 Å². The molecule has 9 heteroatoms. The number of rotatable bonds is 4. The van der Waals surface area contributed by atoms with E-state index in [1.54, 1.807) is 17.7 Å². The highest BCUT2D eigenvalue weighted by Crippen LogP contribution is 2.31. The fourth-order valence-corrected chi connectivity index (χ4v) is 3.49. The zero-order chi connectivity index (χ0) is 15.5. The molecule has 0 aliphatic rings. The third kappa shape index (κ3) is 4.09. The van der Waals surface area contributed by atoms with Crippen molar-refractivity contribution in [1.29, 1.82) is 0 Å². The Morgan fingerprint density at radius 2 is 1.85 bits per heavy atom. The van der Waals surface area contributed by atoms with E-state index in [-0.39, 0.29) is 14.9 Å². The molecule has 1 rings (SSSR count). The second kappa shape index (κ2) is 6.43. The smallest absolute Gasteiger partial charge is 0.267 e. The first-order valence-electron chi connectivity index (χ1n) is 5.40. The Morgan fingerprint density at radius 3 is 2.40 bits per heavy atom. The first-order chi connectivity index (χ1) is 9.15. The average Bonchev–Trinajstić information content (AvgIpc) is 2.31. The fourth-order valence-electron chi connectivity index (χ4n) is 1.32. The molecule has 110 valence electrons. The SMILES string of the molecule is CC(=O)NCC(=O)NS(=O)(=O)c1c(Cl)ccc(C)c1Cl. The van der Waals surface area contributed by atoms with Crippen LogP contribution in [0.2, 0.25) is 10.0 Å². The number of halogens is 2. The summed E-state index contributed by atoms with van der Waals surface area (Å²) in [6, 6.07) is 2.93. The molecule has 0 aliphatic carbocycles. The van der Waals surface area contributed by atoms with Crippen LogP contribution in [0.3, 0.4) is 0 Å². The first kappa shape index (κ1) is 16.7. The van der Waals surface area contributed by atoms with Crippen LogP contribution < -0.4 is 10.0 Å². The summed E-state index contributed by atoms with van der Waals surface area (Å²) in [7, 11) is -4.21. The van der Waals surface area contributed by atoms with Gasteiger partial charge in [-0.1, -0.05) is 29.3 Å². The highest BCUT2D eigenvalue weighted by Gasteiger charge is 2.24. The largest absolute Gasteiger partial charge is 0.347 e.